The number of nitrogens with zero attached hydrogens (tertiary/aromatic N) is 2. The van der Waals surface area contributed by atoms with Gasteiger partial charge >= 0.3 is 0 Å². The van der Waals surface area contributed by atoms with Gasteiger partial charge in [-0.3, -0.25) is 9.80 Å². The molecule has 0 spiro atoms. The maximum atomic E-state index is 12.8. The number of ether oxygens (including phenoxy) is 1. The van der Waals surface area contributed by atoms with E-state index in [1.165, 1.54) is 12.1 Å². The van der Waals surface area contributed by atoms with Crippen LogP contribution in [0.3, 0.4) is 0 Å². The van der Waals surface area contributed by atoms with Gasteiger partial charge in [0.2, 0.25) is 0 Å². The molecule has 2 rings (SSSR count). The number of benzene rings is 1. The molecule has 1 unspecified atom stereocenters. The van der Waals surface area contributed by atoms with Crippen molar-refractivity contribution in [2.75, 3.05) is 45.9 Å². The molecule has 1 aliphatic rings. The molecule has 0 saturated carbocycles. The van der Waals surface area contributed by atoms with E-state index >= 15 is 0 Å². The summed E-state index contributed by atoms with van der Waals surface area (Å²) in [6.45, 7) is 5.56. The van der Waals surface area contributed by atoms with Gasteiger partial charge in [-0.2, -0.15) is 0 Å². The Morgan fingerprint density at radius 1 is 1.18 bits per heavy atom. The maximum absolute atomic E-state index is 12.8. The molecule has 1 aromatic rings. The number of aliphatic hydroxyl groups excluding tert-OH is 1. The van der Waals surface area contributed by atoms with Crippen LogP contribution in [0.15, 0.2) is 24.3 Å². The highest BCUT2D eigenvalue weighted by atomic mass is 19.1. The van der Waals surface area contributed by atoms with E-state index in [1.54, 1.807) is 12.1 Å². The molecule has 1 heterocycles. The second-order valence-electron chi connectivity index (χ2n) is 5.52. The number of halogens is 1. The number of β-amino-alcohol motifs (C(OH)–C–C–N with tert-alkyl or cyclic N) is 1. The second-order valence-corrected chi connectivity index (χ2v) is 5.52. The molecule has 22 heavy (non-hydrogen) atoms. The van der Waals surface area contributed by atoms with E-state index in [4.69, 9.17) is 11.2 Å². The van der Waals surface area contributed by atoms with Gasteiger partial charge in [-0.05, 0) is 24.3 Å². The van der Waals surface area contributed by atoms with Crippen molar-refractivity contribution in [3.05, 3.63) is 30.1 Å². The fourth-order valence-electron chi connectivity index (χ4n) is 2.49. The summed E-state index contributed by atoms with van der Waals surface area (Å²) < 4.78 is 18.2. The lowest BCUT2D eigenvalue weighted by Gasteiger charge is -2.35. The minimum Gasteiger partial charge on any atom is -0.491 e. The zero-order chi connectivity index (χ0) is 15.8. The summed E-state index contributed by atoms with van der Waals surface area (Å²) in [5.41, 5.74) is 0. The second kappa shape index (κ2) is 8.74. The molecule has 1 aliphatic heterocycles. The fraction of sp³-hybridized carbons (Fsp3) is 0.529. The topological polar surface area (TPSA) is 35.9 Å². The van der Waals surface area contributed by atoms with E-state index in [0.29, 0.717) is 12.3 Å². The fourth-order valence-corrected chi connectivity index (χ4v) is 2.49. The van der Waals surface area contributed by atoms with Gasteiger partial charge in [-0.1, -0.05) is 0 Å². The summed E-state index contributed by atoms with van der Waals surface area (Å²) >= 11 is 0. The summed E-state index contributed by atoms with van der Waals surface area (Å²) in [5, 5.41) is 10.0. The highest BCUT2D eigenvalue weighted by Gasteiger charge is 2.19. The Labute approximate surface area is 131 Å². The first-order chi connectivity index (χ1) is 10.7. The van der Waals surface area contributed by atoms with Crippen molar-refractivity contribution in [1.82, 2.24) is 9.80 Å². The summed E-state index contributed by atoms with van der Waals surface area (Å²) in [4.78, 5) is 4.57. The minimum atomic E-state index is -0.553. The molecule has 4 nitrogen and oxygen atoms in total. The Morgan fingerprint density at radius 3 is 2.45 bits per heavy atom. The van der Waals surface area contributed by atoms with Crippen LogP contribution in [-0.4, -0.2) is 66.9 Å². The summed E-state index contributed by atoms with van der Waals surface area (Å²) in [5.74, 6) is 2.93. The van der Waals surface area contributed by atoms with Crippen molar-refractivity contribution in [2.24, 2.45) is 0 Å². The molecular formula is C17H23FN2O2. The average Bonchev–Trinajstić information content (AvgIpc) is 2.54. The minimum absolute atomic E-state index is 0.211. The van der Waals surface area contributed by atoms with Gasteiger partial charge in [0.25, 0.3) is 0 Å². The van der Waals surface area contributed by atoms with E-state index in [-0.39, 0.29) is 12.4 Å². The number of rotatable bonds is 7. The van der Waals surface area contributed by atoms with Gasteiger partial charge in [0.1, 0.15) is 24.3 Å². The molecule has 0 radical (unpaired) electrons. The van der Waals surface area contributed by atoms with E-state index in [0.717, 1.165) is 39.1 Å². The molecule has 1 aromatic carbocycles. The Morgan fingerprint density at radius 2 is 1.82 bits per heavy atom. The number of terminal acetylenes is 1. The molecule has 0 aromatic heterocycles. The third-order valence-corrected chi connectivity index (χ3v) is 3.76. The SMILES string of the molecule is C#CCCN1CCN(CC(O)COc2ccc(F)cc2)CC1. The summed E-state index contributed by atoms with van der Waals surface area (Å²) in [6.07, 6.45) is 5.51. The molecule has 1 fully saturated rings. The Balaban J connectivity index is 1.64. The van der Waals surface area contributed by atoms with Gasteiger partial charge in [0.15, 0.2) is 0 Å². The predicted molar refractivity (Wildman–Crippen MR) is 84.2 cm³/mol. The molecule has 1 atom stereocenters. The van der Waals surface area contributed by atoms with Crippen LogP contribution >= 0.6 is 0 Å². The summed E-state index contributed by atoms with van der Waals surface area (Å²) in [6, 6.07) is 5.81. The molecule has 5 heteroatoms. The monoisotopic (exact) mass is 306 g/mol. The standard InChI is InChI=1S/C17H23FN2O2/c1-2-3-8-19-9-11-20(12-10-19)13-16(21)14-22-17-6-4-15(18)5-7-17/h1,4-7,16,21H,3,8-14H2. The van der Waals surface area contributed by atoms with Gasteiger partial charge in [-0.25, -0.2) is 4.39 Å². The van der Waals surface area contributed by atoms with Crippen LogP contribution in [0.2, 0.25) is 0 Å². The van der Waals surface area contributed by atoms with Crippen LogP contribution in [-0.2, 0) is 0 Å². The van der Waals surface area contributed by atoms with Gasteiger partial charge in [-0.15, -0.1) is 12.3 Å². The van der Waals surface area contributed by atoms with Crippen LogP contribution in [0, 0.1) is 18.2 Å². The maximum Gasteiger partial charge on any atom is 0.123 e. The normalized spacial score (nSPS) is 17.9. The van der Waals surface area contributed by atoms with Crippen molar-refractivity contribution in [2.45, 2.75) is 12.5 Å². The van der Waals surface area contributed by atoms with Gasteiger partial charge in [0.05, 0.1) is 0 Å². The predicted octanol–water partition coefficient (Wildman–Crippen LogP) is 1.21. The van der Waals surface area contributed by atoms with Crippen molar-refractivity contribution < 1.29 is 14.2 Å². The largest absolute Gasteiger partial charge is 0.491 e. The van der Waals surface area contributed by atoms with Crippen LogP contribution in [0.25, 0.3) is 0 Å². The zero-order valence-electron chi connectivity index (χ0n) is 12.7. The Bertz CT molecular complexity index is 478. The van der Waals surface area contributed by atoms with E-state index < -0.39 is 6.10 Å². The van der Waals surface area contributed by atoms with Crippen molar-refractivity contribution in [3.63, 3.8) is 0 Å². The lowest BCUT2D eigenvalue weighted by molar-refractivity contribution is 0.0465. The number of hydrogen-bond acceptors (Lipinski definition) is 4. The first-order valence-corrected chi connectivity index (χ1v) is 7.62. The quantitative estimate of drug-likeness (QED) is 0.768. The highest BCUT2D eigenvalue weighted by molar-refractivity contribution is 5.22. The Hall–Kier alpha value is -1.61. The summed E-state index contributed by atoms with van der Waals surface area (Å²) in [7, 11) is 0. The third-order valence-electron chi connectivity index (χ3n) is 3.76. The molecule has 120 valence electrons. The molecule has 0 bridgehead atoms. The highest BCUT2D eigenvalue weighted by Crippen LogP contribution is 2.11. The zero-order valence-corrected chi connectivity index (χ0v) is 12.7. The lowest BCUT2D eigenvalue weighted by atomic mass is 10.2. The van der Waals surface area contributed by atoms with Gasteiger partial charge in [0, 0.05) is 45.7 Å². The average molecular weight is 306 g/mol. The van der Waals surface area contributed by atoms with Crippen LogP contribution in [0.1, 0.15) is 6.42 Å². The van der Waals surface area contributed by atoms with Crippen LogP contribution in [0.5, 0.6) is 5.75 Å². The van der Waals surface area contributed by atoms with E-state index in [9.17, 15) is 9.50 Å². The molecule has 0 amide bonds. The first-order valence-electron chi connectivity index (χ1n) is 7.62. The molecular weight excluding hydrogens is 283 g/mol. The van der Waals surface area contributed by atoms with E-state index in [2.05, 4.69) is 15.7 Å². The first kappa shape index (κ1) is 16.8. The third kappa shape index (κ3) is 5.64. The molecule has 1 N–H and O–H groups in total. The van der Waals surface area contributed by atoms with Crippen molar-refractivity contribution in [1.29, 1.82) is 0 Å². The Kier molecular flexibility index (Phi) is 6.66. The van der Waals surface area contributed by atoms with E-state index in [1.807, 2.05) is 0 Å². The van der Waals surface area contributed by atoms with Crippen molar-refractivity contribution >= 4 is 0 Å². The van der Waals surface area contributed by atoms with Crippen LogP contribution < -0.4 is 4.74 Å². The number of piperazine rings is 1. The van der Waals surface area contributed by atoms with Gasteiger partial charge < -0.3 is 9.84 Å². The lowest BCUT2D eigenvalue weighted by Crippen LogP contribution is -2.49. The molecule has 0 aliphatic carbocycles. The smallest absolute Gasteiger partial charge is 0.123 e. The number of aliphatic hydroxyl groups is 1. The molecule has 1 saturated heterocycles. The number of hydrogen-bond donors (Lipinski definition) is 1. The van der Waals surface area contributed by atoms with Crippen molar-refractivity contribution in [3.8, 4) is 18.1 Å². The van der Waals surface area contributed by atoms with Crippen LogP contribution in [0.4, 0.5) is 4.39 Å².